The predicted molar refractivity (Wildman–Crippen MR) is 64.0 cm³/mol. The summed E-state index contributed by atoms with van der Waals surface area (Å²) in [6, 6.07) is 5.93. The largest absolute Gasteiger partial charge is 0.361 e. The van der Waals surface area contributed by atoms with E-state index in [0.717, 1.165) is 17.0 Å². The molecule has 0 fully saturated rings. The van der Waals surface area contributed by atoms with Crippen LogP contribution in [0.3, 0.4) is 0 Å². The number of allylic oxidation sites excluding steroid dienone is 1. The summed E-state index contributed by atoms with van der Waals surface area (Å²) in [4.78, 5) is 10.5. The van der Waals surface area contributed by atoms with E-state index in [4.69, 9.17) is 5.41 Å². The minimum atomic E-state index is 0.440. The monoisotopic (exact) mass is 210 g/mol. The zero-order chi connectivity index (χ0) is 11.0. The van der Waals surface area contributed by atoms with Crippen LogP contribution in [0.25, 0.3) is 11.3 Å². The van der Waals surface area contributed by atoms with Gasteiger partial charge in [-0.15, -0.1) is 0 Å². The highest BCUT2D eigenvalue weighted by Gasteiger charge is 2.17. The summed E-state index contributed by atoms with van der Waals surface area (Å²) >= 11 is 0. The molecule has 0 saturated heterocycles. The number of nitrogens with zero attached hydrogens (tertiary/aromatic N) is 1. The van der Waals surface area contributed by atoms with Gasteiger partial charge in [0, 0.05) is 29.9 Å². The maximum atomic E-state index is 7.76. The molecule has 78 valence electrons. The maximum Gasteiger partial charge on any atom is 0.112 e. The highest BCUT2D eigenvalue weighted by Crippen LogP contribution is 2.23. The zero-order valence-electron chi connectivity index (χ0n) is 8.49. The average molecular weight is 210 g/mol. The Morgan fingerprint density at radius 2 is 2.06 bits per heavy atom. The van der Waals surface area contributed by atoms with E-state index in [2.05, 4.69) is 15.0 Å². The lowest BCUT2D eigenvalue weighted by molar-refractivity contribution is 1.35. The molecule has 4 heteroatoms. The summed E-state index contributed by atoms with van der Waals surface area (Å²) < 4.78 is 0. The Kier molecular flexibility index (Phi) is 1.86. The van der Waals surface area contributed by atoms with E-state index in [1.807, 2.05) is 30.6 Å². The van der Waals surface area contributed by atoms with Crippen LogP contribution < -0.4 is 0 Å². The van der Waals surface area contributed by atoms with E-state index in [1.165, 1.54) is 0 Å². The number of hydrogen-bond acceptors (Lipinski definition) is 2. The van der Waals surface area contributed by atoms with E-state index in [-0.39, 0.29) is 0 Å². The summed E-state index contributed by atoms with van der Waals surface area (Å²) in [6.07, 6.45) is 7.08. The van der Waals surface area contributed by atoms with Crippen LogP contribution in [0.4, 0.5) is 0 Å². The highest BCUT2D eigenvalue weighted by atomic mass is 14.8. The number of aromatic nitrogens is 2. The van der Waals surface area contributed by atoms with Crippen LogP contribution in [-0.4, -0.2) is 21.4 Å². The molecule has 0 unspecified atom stereocenters. The number of aromatic amines is 2. The Bertz CT molecular complexity index is 584. The molecule has 0 saturated carbocycles. The predicted octanol–water partition coefficient (Wildman–Crippen LogP) is 2.35. The standard InChI is InChI=1S/C12H10N4/c13-9-4-7-16-12(9)11-8(3-6-15-11)10-2-1-5-14-10/h1-7,13-15H. The van der Waals surface area contributed by atoms with Crippen molar-refractivity contribution < 1.29 is 0 Å². The fourth-order valence-electron chi connectivity index (χ4n) is 1.82. The first-order valence-corrected chi connectivity index (χ1v) is 5.01. The van der Waals surface area contributed by atoms with Crippen molar-refractivity contribution in [3.63, 3.8) is 0 Å². The van der Waals surface area contributed by atoms with Gasteiger partial charge in [-0.2, -0.15) is 0 Å². The molecule has 3 rings (SSSR count). The number of nitrogens with one attached hydrogen (secondary N) is 3. The lowest BCUT2D eigenvalue weighted by Gasteiger charge is -2.02. The van der Waals surface area contributed by atoms with Crippen LogP contribution in [0, 0.1) is 5.41 Å². The summed E-state index contributed by atoms with van der Waals surface area (Å²) in [5.74, 6) is 0. The normalized spacial score (nSPS) is 14.5. The minimum absolute atomic E-state index is 0.440. The average Bonchev–Trinajstić information content (AvgIpc) is 2.95. The first-order chi connectivity index (χ1) is 7.86. The van der Waals surface area contributed by atoms with Crippen molar-refractivity contribution in [2.45, 2.75) is 0 Å². The Balaban J connectivity index is 2.10. The quantitative estimate of drug-likeness (QED) is 0.681. The second-order valence-electron chi connectivity index (χ2n) is 3.56. The van der Waals surface area contributed by atoms with Crippen LogP contribution >= 0.6 is 0 Å². The smallest absolute Gasteiger partial charge is 0.112 e. The number of rotatable bonds is 2. The lowest BCUT2D eigenvalue weighted by atomic mass is 10.1. The third kappa shape index (κ3) is 1.24. The Labute approximate surface area is 92.3 Å². The minimum Gasteiger partial charge on any atom is -0.361 e. The van der Waals surface area contributed by atoms with Crippen molar-refractivity contribution in [1.82, 2.24) is 9.97 Å². The summed E-state index contributed by atoms with van der Waals surface area (Å²) in [5, 5.41) is 7.76. The van der Waals surface area contributed by atoms with Gasteiger partial charge >= 0.3 is 0 Å². The van der Waals surface area contributed by atoms with E-state index in [0.29, 0.717) is 11.4 Å². The fraction of sp³-hybridized carbons (Fsp3) is 0. The van der Waals surface area contributed by atoms with Crippen LogP contribution in [-0.2, 0) is 0 Å². The van der Waals surface area contributed by atoms with Crippen LogP contribution in [0.1, 0.15) is 5.69 Å². The summed E-state index contributed by atoms with van der Waals surface area (Å²) in [6.45, 7) is 0. The second-order valence-corrected chi connectivity index (χ2v) is 3.56. The Morgan fingerprint density at radius 3 is 2.75 bits per heavy atom. The molecular weight excluding hydrogens is 200 g/mol. The molecule has 0 radical (unpaired) electrons. The van der Waals surface area contributed by atoms with Gasteiger partial charge < -0.3 is 9.97 Å². The molecule has 0 atom stereocenters. The third-order valence-electron chi connectivity index (χ3n) is 2.57. The lowest BCUT2D eigenvalue weighted by Crippen LogP contribution is -2.10. The molecule has 0 bridgehead atoms. The van der Waals surface area contributed by atoms with E-state index >= 15 is 0 Å². The SMILES string of the molecule is N=C1C=CN=C1c1[nH]ccc1-c1ccc[nH]1. The number of hydrogen-bond donors (Lipinski definition) is 3. The van der Waals surface area contributed by atoms with Gasteiger partial charge in [0.1, 0.15) is 5.71 Å². The van der Waals surface area contributed by atoms with Gasteiger partial charge in [-0.3, -0.25) is 10.4 Å². The van der Waals surface area contributed by atoms with Gasteiger partial charge in [0.25, 0.3) is 0 Å². The van der Waals surface area contributed by atoms with Gasteiger partial charge in [-0.05, 0) is 24.3 Å². The highest BCUT2D eigenvalue weighted by molar-refractivity contribution is 6.52. The van der Waals surface area contributed by atoms with E-state index in [9.17, 15) is 0 Å². The van der Waals surface area contributed by atoms with E-state index < -0.39 is 0 Å². The van der Waals surface area contributed by atoms with Crippen molar-refractivity contribution in [3.05, 3.63) is 48.6 Å². The van der Waals surface area contributed by atoms with Crippen molar-refractivity contribution in [2.24, 2.45) is 4.99 Å². The molecule has 3 heterocycles. The van der Waals surface area contributed by atoms with Crippen molar-refractivity contribution in [3.8, 4) is 11.3 Å². The first-order valence-electron chi connectivity index (χ1n) is 5.01. The van der Waals surface area contributed by atoms with Gasteiger partial charge in [0.15, 0.2) is 0 Å². The van der Waals surface area contributed by atoms with Crippen molar-refractivity contribution in [1.29, 1.82) is 5.41 Å². The van der Waals surface area contributed by atoms with Gasteiger partial charge in [0.05, 0.1) is 11.4 Å². The Morgan fingerprint density at radius 1 is 1.12 bits per heavy atom. The zero-order valence-corrected chi connectivity index (χ0v) is 8.49. The van der Waals surface area contributed by atoms with Crippen LogP contribution in [0.5, 0.6) is 0 Å². The molecular formula is C12H10N4. The molecule has 1 aliphatic rings. The fourth-order valence-corrected chi connectivity index (χ4v) is 1.82. The molecule has 2 aromatic heterocycles. The molecule has 2 aromatic rings. The first kappa shape index (κ1) is 8.91. The third-order valence-corrected chi connectivity index (χ3v) is 2.57. The Hall–Kier alpha value is -2.36. The van der Waals surface area contributed by atoms with Crippen LogP contribution in [0.2, 0.25) is 0 Å². The molecule has 0 aliphatic carbocycles. The molecule has 0 amide bonds. The molecule has 16 heavy (non-hydrogen) atoms. The van der Waals surface area contributed by atoms with Crippen molar-refractivity contribution in [2.75, 3.05) is 0 Å². The van der Waals surface area contributed by atoms with Crippen molar-refractivity contribution >= 4 is 11.4 Å². The van der Waals surface area contributed by atoms with Crippen LogP contribution in [0.15, 0.2) is 47.9 Å². The van der Waals surface area contributed by atoms with Gasteiger partial charge in [-0.25, -0.2) is 0 Å². The molecule has 4 nitrogen and oxygen atoms in total. The maximum absolute atomic E-state index is 7.76. The summed E-state index contributed by atoms with van der Waals surface area (Å²) in [7, 11) is 0. The molecule has 1 aliphatic heterocycles. The molecule has 0 spiro atoms. The number of H-pyrrole nitrogens is 2. The number of aliphatic imine (C=N–C) groups is 1. The van der Waals surface area contributed by atoms with Gasteiger partial charge in [-0.1, -0.05) is 0 Å². The summed E-state index contributed by atoms with van der Waals surface area (Å²) in [5.41, 5.74) is 4.08. The molecule has 0 aromatic carbocycles. The second kappa shape index (κ2) is 3.34. The van der Waals surface area contributed by atoms with Gasteiger partial charge in [0.2, 0.25) is 0 Å². The molecule has 3 N–H and O–H groups in total. The van der Waals surface area contributed by atoms with E-state index in [1.54, 1.807) is 12.3 Å². The topological polar surface area (TPSA) is 67.8 Å².